The Morgan fingerprint density at radius 3 is 2.43 bits per heavy atom. The van der Waals surface area contributed by atoms with Gasteiger partial charge in [-0.1, -0.05) is 53.4 Å². The van der Waals surface area contributed by atoms with Crippen LogP contribution in [-0.4, -0.2) is 46.0 Å². The first-order valence-electron chi connectivity index (χ1n) is 18.4. The van der Waals surface area contributed by atoms with Crippen molar-refractivity contribution in [1.82, 2.24) is 5.32 Å². The molecule has 8 bridgehead atoms. The molecule has 0 saturated carbocycles. The van der Waals surface area contributed by atoms with Crippen molar-refractivity contribution in [3.8, 4) is 0 Å². The Morgan fingerprint density at radius 1 is 0.959 bits per heavy atom. The Labute approximate surface area is 291 Å². The maximum atomic E-state index is 11.8. The molecule has 0 radical (unpaired) electrons. The number of aliphatic carboxylic acids is 1. The van der Waals surface area contributed by atoms with E-state index < -0.39 is 5.97 Å². The second-order valence-corrected chi connectivity index (χ2v) is 14.2. The summed E-state index contributed by atoms with van der Waals surface area (Å²) in [5, 5.41) is 24.7. The number of hydrogen-bond donors (Lipinski definition) is 3. The minimum absolute atomic E-state index is 0.0206. The molecule has 8 nitrogen and oxygen atoms in total. The average molecular weight is 665 g/mol. The molecule has 0 aromatic rings. The molecule has 5 aliphatic heterocycles. The van der Waals surface area contributed by atoms with Crippen molar-refractivity contribution in [2.75, 3.05) is 6.61 Å². The molecule has 3 atom stereocenters. The van der Waals surface area contributed by atoms with Crippen LogP contribution in [0.5, 0.6) is 0 Å². The van der Waals surface area contributed by atoms with Gasteiger partial charge in [-0.2, -0.15) is 0 Å². The fourth-order valence-electron chi connectivity index (χ4n) is 8.14. The molecule has 0 aromatic carbocycles. The first-order valence-corrected chi connectivity index (χ1v) is 18.4. The number of aliphatic imine (C=N–C) groups is 3. The fourth-order valence-corrected chi connectivity index (χ4v) is 8.14. The van der Waals surface area contributed by atoms with Crippen LogP contribution >= 0.6 is 0 Å². The van der Waals surface area contributed by atoms with Crippen LogP contribution in [0.1, 0.15) is 113 Å². The highest BCUT2D eigenvalue weighted by atomic mass is 16.5. The van der Waals surface area contributed by atoms with Crippen molar-refractivity contribution < 1.29 is 19.7 Å². The van der Waals surface area contributed by atoms with E-state index in [9.17, 15) is 15.0 Å². The summed E-state index contributed by atoms with van der Waals surface area (Å²) < 4.78 is 6.66. The third-order valence-electron chi connectivity index (χ3n) is 11.0. The highest BCUT2D eigenvalue weighted by Gasteiger charge is 2.41. The number of carbonyl (C=O) groups is 1. The Balaban J connectivity index is 1.53. The number of hydrogen-bond acceptors (Lipinski definition) is 7. The molecular weight excluding hydrogens is 612 g/mol. The number of rotatable bonds is 13. The van der Waals surface area contributed by atoms with Gasteiger partial charge < -0.3 is 20.3 Å². The molecule has 2 unspecified atom stereocenters. The lowest BCUT2D eigenvalue weighted by molar-refractivity contribution is -0.137. The molecule has 1 saturated heterocycles. The van der Waals surface area contributed by atoms with Crippen molar-refractivity contribution >= 4 is 23.1 Å². The largest absolute Gasteiger partial charge is 0.511 e. The van der Waals surface area contributed by atoms with Gasteiger partial charge in [0, 0.05) is 59.4 Å². The number of carboxylic acids is 1. The predicted octanol–water partition coefficient (Wildman–Crippen LogP) is 9.29. The predicted molar refractivity (Wildman–Crippen MR) is 198 cm³/mol. The van der Waals surface area contributed by atoms with E-state index in [1.165, 1.54) is 24.8 Å². The van der Waals surface area contributed by atoms with Crippen LogP contribution in [0.15, 0.2) is 106 Å². The van der Waals surface area contributed by atoms with Gasteiger partial charge in [-0.3, -0.25) is 4.79 Å². The third-order valence-corrected chi connectivity index (χ3v) is 11.0. The summed E-state index contributed by atoms with van der Waals surface area (Å²) in [7, 11) is 0. The number of allylic oxidation sites excluding steroid dienone is 11. The molecule has 260 valence electrons. The van der Waals surface area contributed by atoms with E-state index in [-0.39, 0.29) is 24.4 Å². The van der Waals surface area contributed by atoms with Crippen LogP contribution in [0.3, 0.4) is 0 Å². The molecule has 6 aliphatic rings. The molecule has 0 aromatic heterocycles. The number of aliphatic hydroxyl groups excluding tert-OH is 1. The van der Waals surface area contributed by atoms with E-state index in [1.54, 1.807) is 0 Å². The number of nitrogens with zero attached hydrogens (tertiary/aromatic N) is 3. The van der Waals surface area contributed by atoms with Crippen LogP contribution in [0, 0.1) is 11.8 Å². The lowest BCUT2D eigenvalue weighted by Crippen LogP contribution is -2.19. The monoisotopic (exact) mass is 664 g/mol. The summed E-state index contributed by atoms with van der Waals surface area (Å²) >= 11 is 0. The molecule has 0 spiro atoms. The molecule has 3 N–H and O–H groups in total. The fraction of sp³-hybridized carbons (Fsp3) is 0.512. The molecule has 0 amide bonds. The Kier molecular flexibility index (Phi) is 10.3. The maximum Gasteiger partial charge on any atom is 0.303 e. The van der Waals surface area contributed by atoms with Crippen LogP contribution < -0.4 is 5.32 Å². The minimum Gasteiger partial charge on any atom is -0.511 e. The summed E-state index contributed by atoms with van der Waals surface area (Å²) in [6.45, 7) is 15.8. The standard InChI is InChI=1S/C41H52N4O4/c1-8-11-12-13-17-49-36(14-9-2)38-24(6)31-19-30-23(5)27(15-16-37(47)48)40(44-30)28-18-35(46)39-25(7)32(45-41(28)39)20-33-26(10-3)22(4)29(42-33)21-34(38)43-31/h19-21,23,27,36,44,46H,8-18H2,1-7H3,(H,47,48)/t23?,27-,36?/m0/s1. The normalized spacial score (nSPS) is 23.7. The molecule has 49 heavy (non-hydrogen) atoms. The van der Waals surface area contributed by atoms with E-state index in [4.69, 9.17) is 19.7 Å². The van der Waals surface area contributed by atoms with Crippen molar-refractivity contribution in [2.45, 2.75) is 119 Å². The molecule has 1 fully saturated rings. The summed E-state index contributed by atoms with van der Waals surface area (Å²) in [5.74, 6) is -0.550. The highest BCUT2D eigenvalue weighted by Crippen LogP contribution is 2.46. The van der Waals surface area contributed by atoms with Gasteiger partial charge in [-0.15, -0.1) is 0 Å². The summed E-state index contributed by atoms with van der Waals surface area (Å²) in [6, 6.07) is 0. The van der Waals surface area contributed by atoms with E-state index in [0.717, 1.165) is 111 Å². The molecule has 8 heteroatoms. The van der Waals surface area contributed by atoms with Gasteiger partial charge in [0.1, 0.15) is 5.76 Å². The van der Waals surface area contributed by atoms with Gasteiger partial charge in [0.15, 0.2) is 0 Å². The minimum atomic E-state index is -0.813. The van der Waals surface area contributed by atoms with Crippen LogP contribution in [-0.2, 0) is 9.53 Å². The quantitative estimate of drug-likeness (QED) is 0.170. The van der Waals surface area contributed by atoms with Crippen molar-refractivity contribution in [3.05, 3.63) is 91.5 Å². The van der Waals surface area contributed by atoms with Gasteiger partial charge in [-0.25, -0.2) is 15.0 Å². The first kappa shape index (κ1) is 34.8. The SMILES string of the molecule is CCCCCCOC(CCC)C1=C(C)C2=NC1=CC1=NC(=CC3=C(C)C4=C(O)CC(=C5NC(=C2)C(C)[C@@H]5CCC(=O)O)C4=N3)C(CC)=C1C. The Morgan fingerprint density at radius 2 is 1.71 bits per heavy atom. The maximum absolute atomic E-state index is 11.8. The number of aliphatic hydroxyl groups is 1. The molecule has 1 aliphatic carbocycles. The Bertz CT molecular complexity index is 1800. The Hall–Kier alpha value is -4.04. The molecule has 6 rings (SSSR count). The van der Waals surface area contributed by atoms with E-state index in [0.29, 0.717) is 18.6 Å². The van der Waals surface area contributed by atoms with Crippen LogP contribution in [0.2, 0.25) is 0 Å². The van der Waals surface area contributed by atoms with Gasteiger partial charge in [-0.05, 0) is 87.0 Å². The second-order valence-electron chi connectivity index (χ2n) is 14.2. The zero-order valence-corrected chi connectivity index (χ0v) is 30.3. The van der Waals surface area contributed by atoms with E-state index >= 15 is 0 Å². The van der Waals surface area contributed by atoms with Gasteiger partial charge >= 0.3 is 5.97 Å². The summed E-state index contributed by atoms with van der Waals surface area (Å²) in [4.78, 5) is 27.4. The lowest BCUT2D eigenvalue weighted by atomic mass is 9.86. The van der Waals surface area contributed by atoms with Crippen molar-refractivity contribution in [2.24, 2.45) is 26.8 Å². The molecular formula is C41H52N4O4. The highest BCUT2D eigenvalue weighted by molar-refractivity contribution is 6.21. The average Bonchev–Trinajstić information content (AvgIpc) is 3.82. The van der Waals surface area contributed by atoms with E-state index in [1.807, 2.05) is 6.92 Å². The summed E-state index contributed by atoms with van der Waals surface area (Å²) in [5.41, 5.74) is 14.3. The molecule has 5 heterocycles. The van der Waals surface area contributed by atoms with Gasteiger partial charge in [0.2, 0.25) is 0 Å². The summed E-state index contributed by atoms with van der Waals surface area (Å²) in [6.07, 6.45) is 14.5. The number of ether oxygens (including phenoxy) is 1. The van der Waals surface area contributed by atoms with Gasteiger partial charge in [0.05, 0.1) is 40.3 Å². The first-order chi connectivity index (χ1) is 23.6. The number of fused-ring (bicyclic) bond motifs is 5. The zero-order chi connectivity index (χ0) is 35.0. The van der Waals surface area contributed by atoms with Crippen LogP contribution in [0.25, 0.3) is 0 Å². The van der Waals surface area contributed by atoms with Crippen molar-refractivity contribution in [1.29, 1.82) is 0 Å². The number of carboxylic acid groups (broad SMARTS) is 1. The topological polar surface area (TPSA) is 116 Å². The van der Waals surface area contributed by atoms with Crippen molar-refractivity contribution in [3.63, 3.8) is 0 Å². The lowest BCUT2D eigenvalue weighted by Gasteiger charge is -2.21. The van der Waals surface area contributed by atoms with Crippen LogP contribution in [0.4, 0.5) is 0 Å². The van der Waals surface area contributed by atoms with E-state index in [2.05, 4.69) is 65.1 Å². The number of unbranched alkanes of at least 4 members (excludes halogenated alkanes) is 3. The number of nitrogens with one attached hydrogen (secondary N) is 1. The smallest absolute Gasteiger partial charge is 0.303 e. The third kappa shape index (κ3) is 6.52. The second kappa shape index (κ2) is 14.4. The zero-order valence-electron chi connectivity index (χ0n) is 30.3. The van der Waals surface area contributed by atoms with Gasteiger partial charge in [0.25, 0.3) is 0 Å².